The molecule has 0 saturated carbocycles. The molecule has 1 atom stereocenters. The van der Waals surface area contributed by atoms with Crippen LogP contribution in [0.5, 0.6) is 0 Å². The Kier molecular flexibility index (Phi) is 5.54. The quantitative estimate of drug-likeness (QED) is 0.782. The highest BCUT2D eigenvalue weighted by Gasteiger charge is 2.28. The van der Waals surface area contributed by atoms with Crippen molar-refractivity contribution >= 4 is 22.8 Å². The fraction of sp³-hybridized carbons (Fsp3) is 0.619. The number of amides is 2. The van der Waals surface area contributed by atoms with Crippen LogP contribution in [-0.4, -0.2) is 86.6 Å². The molecule has 2 aromatic rings. The van der Waals surface area contributed by atoms with Gasteiger partial charge >= 0.3 is 0 Å². The van der Waals surface area contributed by atoms with Crippen molar-refractivity contribution in [1.82, 2.24) is 29.5 Å². The highest BCUT2D eigenvalue weighted by molar-refractivity contribution is 5.97. The first kappa shape index (κ1) is 19.8. The third-order valence-electron chi connectivity index (χ3n) is 6.25. The number of likely N-dealkylation sites (tertiary alicyclic amines) is 1. The number of piperidine rings is 1. The Labute approximate surface area is 171 Å². The predicted octanol–water partition coefficient (Wildman–Crippen LogP) is 1.44. The van der Waals surface area contributed by atoms with E-state index in [0.29, 0.717) is 31.2 Å². The van der Waals surface area contributed by atoms with Crippen molar-refractivity contribution in [2.24, 2.45) is 7.05 Å². The number of hydrogen-bond donors (Lipinski definition) is 0. The van der Waals surface area contributed by atoms with Gasteiger partial charge in [0, 0.05) is 57.4 Å². The van der Waals surface area contributed by atoms with E-state index in [4.69, 9.17) is 0 Å². The normalized spacial score (nSPS) is 21.0. The van der Waals surface area contributed by atoms with Gasteiger partial charge < -0.3 is 9.80 Å². The minimum absolute atomic E-state index is 0.00159. The predicted molar refractivity (Wildman–Crippen MR) is 111 cm³/mol. The highest BCUT2D eigenvalue weighted by atomic mass is 16.2. The van der Waals surface area contributed by atoms with E-state index in [1.807, 2.05) is 29.8 Å². The van der Waals surface area contributed by atoms with Crippen LogP contribution in [0.1, 0.15) is 42.2 Å². The zero-order valence-corrected chi connectivity index (χ0v) is 17.6. The summed E-state index contributed by atoms with van der Waals surface area (Å²) in [4.78, 5) is 36.1. The summed E-state index contributed by atoms with van der Waals surface area (Å²) >= 11 is 0. The molecule has 0 spiro atoms. The van der Waals surface area contributed by atoms with Gasteiger partial charge in [-0.15, -0.1) is 0 Å². The van der Waals surface area contributed by atoms with E-state index in [2.05, 4.69) is 21.9 Å². The topological polar surface area (TPSA) is 74.6 Å². The van der Waals surface area contributed by atoms with E-state index < -0.39 is 0 Å². The molecular formula is C21H30N6O2. The van der Waals surface area contributed by atoms with Gasteiger partial charge in [0.25, 0.3) is 5.91 Å². The van der Waals surface area contributed by atoms with Gasteiger partial charge in [-0.05, 0) is 39.2 Å². The fourth-order valence-electron chi connectivity index (χ4n) is 4.47. The van der Waals surface area contributed by atoms with Gasteiger partial charge in [-0.2, -0.15) is 5.10 Å². The number of carbonyl (C=O) groups excluding carboxylic acids is 2. The molecule has 2 amide bonds. The summed E-state index contributed by atoms with van der Waals surface area (Å²) in [5, 5.41) is 5.29. The summed E-state index contributed by atoms with van der Waals surface area (Å²) in [5.74, 6) is 0.219. The summed E-state index contributed by atoms with van der Waals surface area (Å²) in [5.41, 5.74) is 2.26. The first-order chi connectivity index (χ1) is 13.9. The van der Waals surface area contributed by atoms with Crippen molar-refractivity contribution in [3.8, 4) is 0 Å². The second-order valence-corrected chi connectivity index (χ2v) is 8.30. The maximum atomic E-state index is 12.9. The lowest BCUT2D eigenvalue weighted by Gasteiger charge is -2.38. The summed E-state index contributed by atoms with van der Waals surface area (Å²) in [6.45, 7) is 8.11. The molecule has 4 rings (SSSR count). The van der Waals surface area contributed by atoms with Crippen LogP contribution in [0.15, 0.2) is 12.3 Å². The van der Waals surface area contributed by atoms with E-state index in [1.165, 1.54) is 6.42 Å². The third kappa shape index (κ3) is 3.99. The Hall–Kier alpha value is -2.48. The molecule has 2 saturated heterocycles. The van der Waals surface area contributed by atoms with Gasteiger partial charge in [0.05, 0.1) is 17.8 Å². The fourth-order valence-corrected chi connectivity index (χ4v) is 4.47. The average Bonchev–Trinajstić information content (AvgIpc) is 3.01. The molecule has 0 N–H and O–H groups in total. The lowest BCUT2D eigenvalue weighted by atomic mass is 10.0. The zero-order valence-electron chi connectivity index (χ0n) is 17.6. The van der Waals surface area contributed by atoms with Crippen LogP contribution in [0.25, 0.3) is 11.0 Å². The second kappa shape index (κ2) is 8.10. The van der Waals surface area contributed by atoms with Crippen LogP contribution in [-0.2, 0) is 11.8 Å². The first-order valence-electron chi connectivity index (χ1n) is 10.5. The molecule has 0 bridgehead atoms. The van der Waals surface area contributed by atoms with Crippen molar-refractivity contribution in [3.63, 3.8) is 0 Å². The van der Waals surface area contributed by atoms with Crippen LogP contribution < -0.4 is 0 Å². The summed E-state index contributed by atoms with van der Waals surface area (Å²) < 4.78 is 1.73. The molecule has 2 aliphatic heterocycles. The van der Waals surface area contributed by atoms with E-state index in [1.54, 1.807) is 10.9 Å². The molecule has 8 nitrogen and oxygen atoms in total. The standard InChI is InChI=1S/C21H30N6O2/c1-15-6-4-5-7-27(15)19(28)14-25-8-10-26(11-9-25)21(29)17-12-18-16(2)23-24(3)20(18)22-13-17/h12-13,15H,4-11,14H2,1-3H3/t15-/m1/s1. The van der Waals surface area contributed by atoms with E-state index >= 15 is 0 Å². The summed E-state index contributed by atoms with van der Waals surface area (Å²) in [6.07, 6.45) is 5.06. The Morgan fingerprint density at radius 1 is 1.14 bits per heavy atom. The SMILES string of the molecule is Cc1nn(C)c2ncc(C(=O)N3CCN(CC(=O)N4CCCC[C@H]4C)CC3)cc12. The van der Waals surface area contributed by atoms with Gasteiger partial charge in [-0.3, -0.25) is 19.2 Å². The number of fused-ring (bicyclic) bond motifs is 1. The minimum atomic E-state index is -0.00159. The van der Waals surface area contributed by atoms with Gasteiger partial charge in [-0.25, -0.2) is 4.98 Å². The van der Waals surface area contributed by atoms with Crippen molar-refractivity contribution in [2.75, 3.05) is 39.3 Å². The van der Waals surface area contributed by atoms with E-state index in [9.17, 15) is 9.59 Å². The monoisotopic (exact) mass is 398 g/mol. The molecule has 2 aliphatic rings. The lowest BCUT2D eigenvalue weighted by Crippen LogP contribution is -2.53. The van der Waals surface area contributed by atoms with Crippen LogP contribution in [0.2, 0.25) is 0 Å². The number of aromatic nitrogens is 3. The van der Waals surface area contributed by atoms with E-state index in [0.717, 1.165) is 49.2 Å². The number of hydrogen-bond acceptors (Lipinski definition) is 5. The third-order valence-corrected chi connectivity index (χ3v) is 6.25. The smallest absolute Gasteiger partial charge is 0.255 e. The number of nitrogens with zero attached hydrogens (tertiary/aromatic N) is 6. The number of carbonyl (C=O) groups is 2. The lowest BCUT2D eigenvalue weighted by molar-refractivity contribution is -0.136. The summed E-state index contributed by atoms with van der Waals surface area (Å²) in [6, 6.07) is 2.23. The van der Waals surface area contributed by atoms with Gasteiger partial charge in [0.2, 0.25) is 5.91 Å². The Balaban J connectivity index is 1.35. The summed E-state index contributed by atoms with van der Waals surface area (Å²) in [7, 11) is 1.86. The zero-order chi connectivity index (χ0) is 20.5. The van der Waals surface area contributed by atoms with Crippen LogP contribution in [0.3, 0.4) is 0 Å². The molecule has 0 aromatic carbocycles. The maximum Gasteiger partial charge on any atom is 0.255 e. The van der Waals surface area contributed by atoms with Crippen LogP contribution in [0.4, 0.5) is 0 Å². The highest BCUT2D eigenvalue weighted by Crippen LogP contribution is 2.19. The molecule has 0 radical (unpaired) electrons. The van der Waals surface area contributed by atoms with Crippen molar-refractivity contribution in [2.45, 2.75) is 39.2 Å². The molecule has 4 heterocycles. The average molecular weight is 399 g/mol. The van der Waals surface area contributed by atoms with Gasteiger partial charge in [-0.1, -0.05) is 0 Å². The molecule has 0 unspecified atom stereocenters. The van der Waals surface area contributed by atoms with Crippen molar-refractivity contribution in [3.05, 3.63) is 23.5 Å². The molecule has 2 aromatic heterocycles. The minimum Gasteiger partial charge on any atom is -0.339 e. The van der Waals surface area contributed by atoms with Crippen LogP contribution >= 0.6 is 0 Å². The largest absolute Gasteiger partial charge is 0.339 e. The number of rotatable bonds is 3. The molecule has 29 heavy (non-hydrogen) atoms. The van der Waals surface area contributed by atoms with Crippen molar-refractivity contribution < 1.29 is 9.59 Å². The number of pyridine rings is 1. The van der Waals surface area contributed by atoms with Gasteiger partial charge in [0.1, 0.15) is 0 Å². The van der Waals surface area contributed by atoms with Gasteiger partial charge in [0.15, 0.2) is 5.65 Å². The molecule has 8 heteroatoms. The Bertz CT molecular complexity index is 915. The van der Waals surface area contributed by atoms with E-state index in [-0.39, 0.29) is 11.8 Å². The molecule has 0 aliphatic carbocycles. The first-order valence-corrected chi connectivity index (χ1v) is 10.5. The van der Waals surface area contributed by atoms with Crippen molar-refractivity contribution in [1.29, 1.82) is 0 Å². The second-order valence-electron chi connectivity index (χ2n) is 8.30. The molecular weight excluding hydrogens is 368 g/mol. The molecule has 156 valence electrons. The number of piperazine rings is 1. The Morgan fingerprint density at radius 2 is 1.90 bits per heavy atom. The van der Waals surface area contributed by atoms with Crippen LogP contribution in [0, 0.1) is 6.92 Å². The Morgan fingerprint density at radius 3 is 2.62 bits per heavy atom. The molecule has 2 fully saturated rings. The maximum absolute atomic E-state index is 12.9. The number of aryl methyl sites for hydroxylation is 2.